The lowest BCUT2D eigenvalue weighted by Crippen LogP contribution is -2.39. The van der Waals surface area contributed by atoms with E-state index in [1.165, 1.54) is 0 Å². The van der Waals surface area contributed by atoms with Crippen LogP contribution in [0.3, 0.4) is 0 Å². The molecule has 0 atom stereocenters. The molecule has 0 amide bonds. The first-order chi connectivity index (χ1) is 14.3. The van der Waals surface area contributed by atoms with Crippen LogP contribution in [0.1, 0.15) is 25.7 Å². The van der Waals surface area contributed by atoms with Crippen molar-refractivity contribution < 1.29 is 9.47 Å². The van der Waals surface area contributed by atoms with Crippen molar-refractivity contribution in [2.75, 3.05) is 18.5 Å². The Morgan fingerprint density at radius 2 is 2.00 bits per heavy atom. The van der Waals surface area contributed by atoms with Crippen LogP contribution in [0.5, 0.6) is 0 Å². The number of nitrogens with one attached hydrogen (secondary N) is 2. The van der Waals surface area contributed by atoms with Gasteiger partial charge in [-0.1, -0.05) is 0 Å². The van der Waals surface area contributed by atoms with Gasteiger partial charge in [0.2, 0.25) is 5.95 Å². The Hall–Kier alpha value is -3.04. The summed E-state index contributed by atoms with van der Waals surface area (Å²) < 4.78 is 13.4. The fraction of sp³-hybridized carbons (Fsp3) is 0.400. The highest BCUT2D eigenvalue weighted by atomic mass is 16.7. The van der Waals surface area contributed by atoms with Crippen molar-refractivity contribution in [1.29, 1.82) is 0 Å². The molecule has 4 aromatic heterocycles. The first-order valence-electron chi connectivity index (χ1n) is 9.97. The molecule has 0 unspecified atom stereocenters. The average molecular weight is 391 g/mol. The number of hydrogen-bond acceptors (Lipinski definition) is 7. The number of anilines is 1. The highest BCUT2D eigenvalue weighted by Gasteiger charge is 2.40. The number of hydrogen-bond donors (Lipinski definition) is 2. The molecule has 5 heterocycles. The average Bonchev–Trinajstić information content (AvgIpc) is 3.49. The van der Waals surface area contributed by atoms with E-state index in [2.05, 4.69) is 30.4 Å². The van der Waals surface area contributed by atoms with E-state index in [1.54, 1.807) is 10.7 Å². The molecule has 6 rings (SSSR count). The standard InChI is InChI=1S/C20H21N7O2/c1-5-20(28-9-10-29-20)6-2-13(1)24-19-22-12-15-14(11-21-18(15)26-19)16-4-8-27-17(25-16)3-7-23-27/h3-4,7-8,11-13H,1-2,5-6,9-10H2,(H2,21,22,24,26). The van der Waals surface area contributed by atoms with Gasteiger partial charge in [-0.25, -0.2) is 14.5 Å². The predicted octanol–water partition coefficient (Wildman–Crippen LogP) is 2.77. The number of H-pyrrole nitrogens is 1. The van der Waals surface area contributed by atoms with Crippen molar-refractivity contribution in [3.63, 3.8) is 0 Å². The Bertz CT molecular complexity index is 1170. The van der Waals surface area contributed by atoms with Crippen LogP contribution >= 0.6 is 0 Å². The maximum absolute atomic E-state index is 5.81. The molecule has 2 aliphatic rings. The van der Waals surface area contributed by atoms with Gasteiger partial charge in [-0.15, -0.1) is 0 Å². The number of ether oxygens (including phenoxy) is 2. The second-order valence-electron chi connectivity index (χ2n) is 7.63. The third kappa shape index (κ3) is 2.93. The van der Waals surface area contributed by atoms with Crippen molar-refractivity contribution in [3.8, 4) is 11.3 Å². The Morgan fingerprint density at radius 1 is 1.14 bits per heavy atom. The molecular weight excluding hydrogens is 370 g/mol. The molecule has 2 N–H and O–H groups in total. The van der Waals surface area contributed by atoms with E-state index in [-0.39, 0.29) is 5.79 Å². The van der Waals surface area contributed by atoms with Gasteiger partial charge in [-0.2, -0.15) is 10.1 Å². The zero-order valence-electron chi connectivity index (χ0n) is 15.8. The van der Waals surface area contributed by atoms with Crippen molar-refractivity contribution in [1.82, 2.24) is 29.5 Å². The number of aromatic nitrogens is 6. The normalized spacial score (nSPS) is 19.4. The minimum Gasteiger partial charge on any atom is -0.351 e. The molecule has 1 saturated heterocycles. The minimum absolute atomic E-state index is 0.325. The first kappa shape index (κ1) is 16.9. The zero-order chi connectivity index (χ0) is 19.3. The van der Waals surface area contributed by atoms with Crippen LogP contribution in [-0.2, 0) is 9.47 Å². The number of nitrogens with zero attached hydrogens (tertiary/aromatic N) is 5. The summed E-state index contributed by atoms with van der Waals surface area (Å²) in [5, 5.41) is 8.61. The van der Waals surface area contributed by atoms with E-state index < -0.39 is 0 Å². The number of fused-ring (bicyclic) bond motifs is 2. The third-order valence-electron chi connectivity index (χ3n) is 5.86. The fourth-order valence-electron chi connectivity index (χ4n) is 4.32. The summed E-state index contributed by atoms with van der Waals surface area (Å²) in [4.78, 5) is 17.1. The van der Waals surface area contributed by atoms with Crippen LogP contribution < -0.4 is 5.32 Å². The summed E-state index contributed by atoms with van der Waals surface area (Å²) in [5.74, 6) is 0.292. The van der Waals surface area contributed by atoms with E-state index >= 15 is 0 Å². The second kappa shape index (κ2) is 6.50. The van der Waals surface area contributed by atoms with Gasteiger partial charge < -0.3 is 19.8 Å². The van der Waals surface area contributed by atoms with Crippen LogP contribution in [0.2, 0.25) is 0 Å². The largest absolute Gasteiger partial charge is 0.351 e. The molecule has 0 bridgehead atoms. The molecule has 1 aliphatic heterocycles. The molecule has 9 nitrogen and oxygen atoms in total. The van der Waals surface area contributed by atoms with E-state index in [0.717, 1.165) is 53.6 Å². The topological polar surface area (TPSA) is 102 Å². The van der Waals surface area contributed by atoms with Crippen LogP contribution in [0.4, 0.5) is 5.95 Å². The second-order valence-corrected chi connectivity index (χ2v) is 7.63. The van der Waals surface area contributed by atoms with Crippen molar-refractivity contribution in [2.45, 2.75) is 37.5 Å². The fourth-order valence-corrected chi connectivity index (χ4v) is 4.32. The Balaban J connectivity index is 1.22. The van der Waals surface area contributed by atoms with E-state index in [0.29, 0.717) is 25.2 Å². The first-order valence-corrected chi connectivity index (χ1v) is 9.97. The summed E-state index contributed by atoms with van der Waals surface area (Å²) in [6, 6.07) is 4.15. The van der Waals surface area contributed by atoms with Crippen LogP contribution in [0.15, 0.2) is 36.9 Å². The summed E-state index contributed by atoms with van der Waals surface area (Å²) in [6.07, 6.45) is 11.2. The lowest BCUT2D eigenvalue weighted by atomic mass is 9.90. The summed E-state index contributed by atoms with van der Waals surface area (Å²) in [6.45, 7) is 1.41. The van der Waals surface area contributed by atoms with Gasteiger partial charge in [0.05, 0.1) is 25.1 Å². The van der Waals surface area contributed by atoms with Gasteiger partial charge >= 0.3 is 0 Å². The molecule has 148 valence electrons. The van der Waals surface area contributed by atoms with Crippen LogP contribution in [0.25, 0.3) is 27.9 Å². The highest BCUT2D eigenvalue weighted by Crippen LogP contribution is 2.36. The van der Waals surface area contributed by atoms with Gasteiger partial charge in [-0.05, 0) is 18.9 Å². The molecule has 1 spiro atoms. The van der Waals surface area contributed by atoms with Gasteiger partial charge in [0.25, 0.3) is 0 Å². The predicted molar refractivity (Wildman–Crippen MR) is 106 cm³/mol. The SMILES string of the molecule is c1cc2nc(-c3c[nH]c4nc(NC5CCC6(CC5)OCCO6)ncc34)ccn2n1. The van der Waals surface area contributed by atoms with Gasteiger partial charge in [0.1, 0.15) is 5.65 Å². The third-order valence-corrected chi connectivity index (χ3v) is 5.86. The maximum Gasteiger partial charge on any atom is 0.224 e. The molecule has 0 aromatic carbocycles. The van der Waals surface area contributed by atoms with Crippen LogP contribution in [0, 0.1) is 0 Å². The van der Waals surface area contributed by atoms with Crippen molar-refractivity contribution in [3.05, 3.63) is 36.9 Å². The molecule has 1 saturated carbocycles. The molecule has 1 aliphatic carbocycles. The summed E-state index contributed by atoms with van der Waals surface area (Å²) >= 11 is 0. The quantitative estimate of drug-likeness (QED) is 0.554. The Morgan fingerprint density at radius 3 is 2.86 bits per heavy atom. The zero-order valence-corrected chi connectivity index (χ0v) is 15.8. The molecular formula is C20H21N7O2. The smallest absolute Gasteiger partial charge is 0.224 e. The highest BCUT2D eigenvalue weighted by molar-refractivity contribution is 5.92. The summed E-state index contributed by atoms with van der Waals surface area (Å²) in [5.41, 5.74) is 3.44. The van der Waals surface area contributed by atoms with Crippen molar-refractivity contribution >= 4 is 22.6 Å². The number of aromatic amines is 1. The van der Waals surface area contributed by atoms with Gasteiger partial charge in [-0.3, -0.25) is 0 Å². The Kier molecular flexibility index (Phi) is 3.78. The van der Waals surface area contributed by atoms with E-state index in [9.17, 15) is 0 Å². The van der Waals surface area contributed by atoms with Crippen LogP contribution in [-0.4, -0.2) is 54.6 Å². The monoisotopic (exact) mass is 391 g/mol. The lowest BCUT2D eigenvalue weighted by Gasteiger charge is -2.35. The van der Waals surface area contributed by atoms with E-state index in [4.69, 9.17) is 9.47 Å². The maximum atomic E-state index is 5.81. The van der Waals surface area contributed by atoms with Gasteiger partial charge in [0, 0.05) is 54.5 Å². The Labute approximate surface area is 166 Å². The molecule has 2 fully saturated rings. The van der Waals surface area contributed by atoms with E-state index in [1.807, 2.05) is 30.7 Å². The number of rotatable bonds is 3. The van der Waals surface area contributed by atoms with Crippen molar-refractivity contribution in [2.24, 2.45) is 0 Å². The molecule has 9 heteroatoms. The van der Waals surface area contributed by atoms with Gasteiger partial charge in [0.15, 0.2) is 11.4 Å². The lowest BCUT2D eigenvalue weighted by molar-refractivity contribution is -0.177. The molecule has 0 radical (unpaired) electrons. The molecule has 29 heavy (non-hydrogen) atoms. The minimum atomic E-state index is -0.346. The summed E-state index contributed by atoms with van der Waals surface area (Å²) in [7, 11) is 0. The molecule has 4 aromatic rings.